The van der Waals surface area contributed by atoms with Crippen LogP contribution in [0.1, 0.15) is 100 Å². The van der Waals surface area contributed by atoms with Gasteiger partial charge >= 0.3 is 6.03 Å². The van der Waals surface area contributed by atoms with Crippen molar-refractivity contribution in [1.82, 2.24) is 31.0 Å². The normalized spacial score (nSPS) is 22.2. The molecule has 2 radical (unpaired) electrons. The third kappa shape index (κ3) is 9.93. The van der Waals surface area contributed by atoms with Crippen molar-refractivity contribution < 1.29 is 28.8 Å². The summed E-state index contributed by atoms with van der Waals surface area (Å²) in [5.41, 5.74) is -1.13. The molecular formula is C32H53BN6O6. The lowest BCUT2D eigenvalue weighted by Gasteiger charge is -2.41. The molecule has 4 N–H and O–H groups in total. The summed E-state index contributed by atoms with van der Waals surface area (Å²) in [5.74, 6) is -2.40. The van der Waals surface area contributed by atoms with Gasteiger partial charge in [0.1, 0.15) is 12.1 Å². The molecule has 45 heavy (non-hydrogen) atoms. The van der Waals surface area contributed by atoms with Crippen LogP contribution in [0.3, 0.4) is 0 Å². The first-order valence-corrected chi connectivity index (χ1v) is 16.2. The Balaban J connectivity index is 1.71. The zero-order valence-corrected chi connectivity index (χ0v) is 28.4. The average molecular weight is 629 g/mol. The van der Waals surface area contributed by atoms with Gasteiger partial charge in [0, 0.05) is 26.1 Å². The number of ketones is 1. The molecule has 0 bridgehead atoms. The topological polar surface area (TPSA) is 157 Å². The van der Waals surface area contributed by atoms with Crippen molar-refractivity contribution >= 4 is 43.4 Å². The van der Waals surface area contributed by atoms with Crippen LogP contribution in [0, 0.1) is 22.2 Å². The van der Waals surface area contributed by atoms with Crippen molar-refractivity contribution in [3.05, 3.63) is 0 Å². The molecule has 1 unspecified atom stereocenters. The van der Waals surface area contributed by atoms with Crippen molar-refractivity contribution in [2.45, 2.75) is 125 Å². The van der Waals surface area contributed by atoms with E-state index in [1.807, 2.05) is 46.8 Å². The van der Waals surface area contributed by atoms with Crippen molar-refractivity contribution in [3.8, 4) is 0 Å². The van der Waals surface area contributed by atoms with Crippen molar-refractivity contribution in [2.24, 2.45) is 22.2 Å². The molecule has 250 valence electrons. The summed E-state index contributed by atoms with van der Waals surface area (Å²) in [4.78, 5) is 81.7. The maximum Gasteiger partial charge on any atom is 0.315 e. The largest absolute Gasteiger partial charge is 0.403 e. The van der Waals surface area contributed by atoms with E-state index in [1.54, 1.807) is 4.90 Å². The maximum atomic E-state index is 14.0. The van der Waals surface area contributed by atoms with Gasteiger partial charge in [-0.05, 0) is 47.8 Å². The molecule has 1 saturated carbocycles. The van der Waals surface area contributed by atoms with E-state index in [9.17, 15) is 28.8 Å². The SMILES string of the molecule is [B]NC(=O)C(=O)C(CC1CC1)NC(=O)[C@@H]1CCCN1C(=O)[C@@H](NC(=O)N[C@H](CN1CCC(C)(C)CC1=O)C(C)(C)C)C(C)(C)C. The maximum absolute atomic E-state index is 14.0. The molecule has 0 spiro atoms. The van der Waals surface area contributed by atoms with Crippen LogP contribution in [0.2, 0.25) is 0 Å². The van der Waals surface area contributed by atoms with Gasteiger partial charge in [-0.2, -0.15) is 0 Å². The van der Waals surface area contributed by atoms with Crippen LogP contribution in [0.15, 0.2) is 0 Å². The second kappa shape index (κ2) is 14.1. The number of hydrogen-bond donors (Lipinski definition) is 4. The fourth-order valence-corrected chi connectivity index (χ4v) is 5.99. The Hall–Kier alpha value is -3.12. The van der Waals surface area contributed by atoms with Crippen molar-refractivity contribution in [1.29, 1.82) is 0 Å². The Bertz CT molecular complexity index is 1160. The average Bonchev–Trinajstić information content (AvgIpc) is 3.60. The molecule has 1 aliphatic carbocycles. The highest BCUT2D eigenvalue weighted by Crippen LogP contribution is 2.34. The monoisotopic (exact) mass is 628 g/mol. The number of likely N-dealkylation sites (tertiary alicyclic amines) is 2. The number of nitrogens with zero attached hydrogens (tertiary/aromatic N) is 2. The Morgan fingerprint density at radius 2 is 1.58 bits per heavy atom. The van der Waals surface area contributed by atoms with Crippen LogP contribution in [0.4, 0.5) is 4.79 Å². The smallest absolute Gasteiger partial charge is 0.315 e. The minimum absolute atomic E-state index is 0.0486. The summed E-state index contributed by atoms with van der Waals surface area (Å²) in [6.45, 7) is 17.0. The van der Waals surface area contributed by atoms with Crippen LogP contribution in [0.5, 0.6) is 0 Å². The highest BCUT2D eigenvalue weighted by atomic mass is 16.2. The summed E-state index contributed by atoms with van der Waals surface area (Å²) in [6.07, 6.45) is 4.47. The molecule has 13 heteroatoms. The number of amides is 6. The van der Waals surface area contributed by atoms with Crippen LogP contribution in [-0.4, -0.2) is 97.0 Å². The first-order valence-electron chi connectivity index (χ1n) is 16.2. The third-order valence-corrected chi connectivity index (χ3v) is 9.28. The minimum Gasteiger partial charge on any atom is -0.403 e. The van der Waals surface area contributed by atoms with E-state index >= 15 is 0 Å². The molecule has 0 aromatic rings. The number of rotatable bonds is 11. The molecule has 3 aliphatic rings. The van der Waals surface area contributed by atoms with E-state index in [0.717, 1.165) is 19.3 Å². The van der Waals surface area contributed by atoms with Crippen LogP contribution >= 0.6 is 0 Å². The zero-order valence-electron chi connectivity index (χ0n) is 28.4. The first-order chi connectivity index (χ1) is 20.7. The minimum atomic E-state index is -1.03. The van der Waals surface area contributed by atoms with Gasteiger partial charge in [0.2, 0.25) is 31.5 Å². The molecule has 3 rings (SSSR count). The van der Waals surface area contributed by atoms with E-state index in [0.29, 0.717) is 45.3 Å². The van der Waals surface area contributed by atoms with E-state index in [4.69, 9.17) is 7.98 Å². The van der Waals surface area contributed by atoms with Crippen molar-refractivity contribution in [2.75, 3.05) is 19.6 Å². The number of hydrogen-bond acceptors (Lipinski definition) is 6. The summed E-state index contributed by atoms with van der Waals surface area (Å²) in [5, 5.41) is 10.4. The molecule has 12 nitrogen and oxygen atoms in total. The predicted molar refractivity (Wildman–Crippen MR) is 171 cm³/mol. The van der Waals surface area contributed by atoms with E-state index in [-0.39, 0.29) is 28.7 Å². The van der Waals surface area contributed by atoms with E-state index in [1.165, 1.54) is 4.90 Å². The molecular weight excluding hydrogens is 575 g/mol. The van der Waals surface area contributed by atoms with Gasteiger partial charge in [0.25, 0.3) is 5.91 Å². The molecule has 0 aromatic heterocycles. The van der Waals surface area contributed by atoms with Gasteiger partial charge in [-0.25, -0.2) is 4.79 Å². The van der Waals surface area contributed by atoms with Crippen LogP contribution in [0.25, 0.3) is 0 Å². The Morgan fingerprint density at radius 1 is 0.933 bits per heavy atom. The summed E-state index contributed by atoms with van der Waals surface area (Å²) < 4.78 is 0. The molecule has 2 heterocycles. The Morgan fingerprint density at radius 3 is 2.11 bits per heavy atom. The summed E-state index contributed by atoms with van der Waals surface area (Å²) in [6, 6.07) is -3.75. The van der Waals surface area contributed by atoms with E-state index < -0.39 is 53.1 Å². The fraction of sp³-hybridized carbons (Fsp3) is 0.812. The van der Waals surface area contributed by atoms with Gasteiger partial charge < -0.3 is 31.0 Å². The third-order valence-electron chi connectivity index (χ3n) is 9.28. The standard InChI is InChI=1S/C32H53BN6O6/c1-30(2,3)22(18-38-15-13-32(7,8)17-23(38)40)35-29(45)36-25(31(4,5)6)28(44)39-14-9-10-21(39)26(42)34-20(16-19-11-12-19)24(41)27(43)37-33/h19-22,25H,9-18H2,1-8H3,(H,34,42)(H,37,43)(H2,35,36,45)/t20?,21-,22+,25+/m0/s1. The van der Waals surface area contributed by atoms with Crippen LogP contribution in [-0.2, 0) is 24.0 Å². The number of carbonyl (C=O) groups excluding carboxylic acids is 6. The lowest BCUT2D eigenvalue weighted by Crippen LogP contribution is -2.62. The van der Waals surface area contributed by atoms with Gasteiger partial charge in [0.15, 0.2) is 0 Å². The Labute approximate surface area is 269 Å². The lowest BCUT2D eigenvalue weighted by molar-refractivity contribution is -0.143. The second-order valence-corrected chi connectivity index (χ2v) is 16.0. The highest BCUT2D eigenvalue weighted by Gasteiger charge is 2.44. The van der Waals surface area contributed by atoms with Gasteiger partial charge in [-0.3, -0.25) is 24.0 Å². The molecule has 2 aliphatic heterocycles. The first kappa shape index (κ1) is 36.4. The molecule has 4 atom stereocenters. The van der Waals surface area contributed by atoms with Gasteiger partial charge in [0.05, 0.1) is 12.1 Å². The van der Waals surface area contributed by atoms with E-state index in [2.05, 4.69) is 29.8 Å². The molecule has 6 amide bonds. The second-order valence-electron chi connectivity index (χ2n) is 16.0. The predicted octanol–water partition coefficient (Wildman–Crippen LogP) is 1.81. The fourth-order valence-electron chi connectivity index (χ4n) is 5.99. The molecule has 2 saturated heterocycles. The number of piperidine rings is 1. The number of urea groups is 1. The quantitative estimate of drug-likeness (QED) is 0.202. The molecule has 0 aromatic carbocycles. The number of carbonyl (C=O) groups is 6. The highest BCUT2D eigenvalue weighted by molar-refractivity contribution is 6.43. The summed E-state index contributed by atoms with van der Waals surface area (Å²) in [7, 11) is 5.16. The number of nitrogens with one attached hydrogen (secondary N) is 4. The van der Waals surface area contributed by atoms with Gasteiger partial charge in [-0.1, -0.05) is 68.2 Å². The van der Waals surface area contributed by atoms with Crippen LogP contribution < -0.4 is 21.2 Å². The van der Waals surface area contributed by atoms with Gasteiger partial charge in [-0.15, -0.1) is 0 Å². The molecule has 3 fully saturated rings. The summed E-state index contributed by atoms with van der Waals surface area (Å²) >= 11 is 0. The number of Topliss-reactive ketones (excluding diaryl/α,β-unsaturated/α-hetero) is 1. The van der Waals surface area contributed by atoms with Crippen molar-refractivity contribution in [3.63, 3.8) is 0 Å². The lowest BCUT2D eigenvalue weighted by atomic mass is 9.81. The zero-order chi connectivity index (χ0) is 33.9. The Kier molecular flexibility index (Phi) is 11.4.